The molecule has 1 atom stereocenters. The Kier molecular flexibility index (Phi) is 10.6. The minimum Gasteiger partial charge on any atom is -0.378 e. The molecule has 174 valence electrons. The van der Waals surface area contributed by atoms with Crippen molar-refractivity contribution in [3.8, 4) is 0 Å². The van der Waals surface area contributed by atoms with Crippen molar-refractivity contribution in [3.63, 3.8) is 0 Å². The third-order valence-corrected chi connectivity index (χ3v) is 6.46. The first kappa shape index (κ1) is 24.0. The van der Waals surface area contributed by atoms with Crippen LogP contribution >= 0.6 is 0 Å². The summed E-state index contributed by atoms with van der Waals surface area (Å²) < 4.78 is 6.16. The molecular formula is C25H43N5O. The van der Waals surface area contributed by atoms with Crippen LogP contribution in [0.25, 0.3) is 0 Å². The highest BCUT2D eigenvalue weighted by molar-refractivity contribution is 5.79. The molecule has 2 fully saturated rings. The van der Waals surface area contributed by atoms with E-state index >= 15 is 0 Å². The monoisotopic (exact) mass is 429 g/mol. The molecule has 2 aliphatic heterocycles. The zero-order valence-electron chi connectivity index (χ0n) is 19.7. The van der Waals surface area contributed by atoms with E-state index in [1.807, 2.05) is 0 Å². The topological polar surface area (TPSA) is 52.1 Å². The largest absolute Gasteiger partial charge is 0.378 e. The van der Waals surface area contributed by atoms with Crippen LogP contribution in [0, 0.1) is 0 Å². The normalized spacial score (nSPS) is 21.5. The van der Waals surface area contributed by atoms with E-state index in [-0.39, 0.29) is 0 Å². The fraction of sp³-hybridized carbons (Fsp3) is 0.720. The summed E-state index contributed by atoms with van der Waals surface area (Å²) >= 11 is 0. The fourth-order valence-corrected chi connectivity index (χ4v) is 4.66. The second-order valence-corrected chi connectivity index (χ2v) is 8.76. The quantitative estimate of drug-likeness (QED) is 0.322. The van der Waals surface area contributed by atoms with Gasteiger partial charge in [-0.05, 0) is 57.7 Å². The van der Waals surface area contributed by atoms with E-state index in [0.29, 0.717) is 12.1 Å². The number of likely N-dealkylation sites (N-methyl/N-ethyl adjacent to an activating group) is 1. The Morgan fingerprint density at radius 2 is 1.87 bits per heavy atom. The van der Waals surface area contributed by atoms with Gasteiger partial charge in [-0.3, -0.25) is 14.8 Å². The molecule has 3 rings (SSSR count). The van der Waals surface area contributed by atoms with Crippen molar-refractivity contribution in [2.24, 2.45) is 4.99 Å². The number of rotatable bonds is 11. The van der Waals surface area contributed by atoms with E-state index in [1.54, 1.807) is 0 Å². The highest BCUT2D eigenvalue weighted by atomic mass is 16.5. The molecule has 1 unspecified atom stereocenters. The van der Waals surface area contributed by atoms with Crippen LogP contribution < -0.4 is 10.6 Å². The lowest BCUT2D eigenvalue weighted by molar-refractivity contribution is 0.00534. The maximum Gasteiger partial charge on any atom is 0.191 e. The van der Waals surface area contributed by atoms with E-state index < -0.39 is 0 Å². The van der Waals surface area contributed by atoms with Crippen molar-refractivity contribution in [1.82, 2.24) is 20.4 Å². The first-order valence-electron chi connectivity index (χ1n) is 12.4. The molecule has 6 nitrogen and oxygen atoms in total. The fourth-order valence-electron chi connectivity index (χ4n) is 4.66. The Morgan fingerprint density at radius 3 is 2.61 bits per heavy atom. The van der Waals surface area contributed by atoms with Gasteiger partial charge in [-0.2, -0.15) is 0 Å². The third kappa shape index (κ3) is 8.43. The second kappa shape index (κ2) is 13.7. The molecule has 1 aromatic rings. The number of ether oxygens (including phenoxy) is 1. The average Bonchev–Trinajstić information content (AvgIpc) is 3.26. The van der Waals surface area contributed by atoms with Gasteiger partial charge in [0.2, 0.25) is 0 Å². The summed E-state index contributed by atoms with van der Waals surface area (Å²) in [6.07, 6.45) is 6.28. The average molecular weight is 430 g/mol. The standard InChI is InChI=1S/C25H43N5O/c1-3-26-25(28-20-23-12-8-16-30(23)4-2)27-15-9-19-31-24-13-17-29(18-14-24)21-22-10-6-5-7-11-22/h5-7,10-11,23-24H,3-4,8-9,12-21H2,1-2H3,(H2,26,27,28). The molecule has 0 radical (unpaired) electrons. The van der Waals surface area contributed by atoms with E-state index in [1.165, 1.54) is 24.9 Å². The number of aliphatic imine (C=N–C) groups is 1. The molecule has 0 spiro atoms. The Hall–Kier alpha value is -1.63. The van der Waals surface area contributed by atoms with Crippen LogP contribution in [0.5, 0.6) is 0 Å². The molecule has 0 aromatic heterocycles. The van der Waals surface area contributed by atoms with Crippen molar-refractivity contribution < 1.29 is 4.74 Å². The lowest BCUT2D eigenvalue weighted by Crippen LogP contribution is -2.40. The Morgan fingerprint density at radius 1 is 1.06 bits per heavy atom. The number of nitrogens with one attached hydrogen (secondary N) is 2. The summed E-state index contributed by atoms with van der Waals surface area (Å²) in [5.74, 6) is 0.944. The lowest BCUT2D eigenvalue weighted by atomic mass is 10.1. The van der Waals surface area contributed by atoms with Gasteiger partial charge in [0, 0.05) is 45.4 Å². The van der Waals surface area contributed by atoms with Gasteiger partial charge in [0.05, 0.1) is 12.6 Å². The van der Waals surface area contributed by atoms with Crippen LogP contribution in [-0.4, -0.2) is 80.3 Å². The Labute approximate surface area is 189 Å². The van der Waals surface area contributed by atoms with Crippen molar-refractivity contribution in [2.45, 2.75) is 64.6 Å². The second-order valence-electron chi connectivity index (χ2n) is 8.76. The van der Waals surface area contributed by atoms with Crippen LogP contribution in [0.3, 0.4) is 0 Å². The predicted octanol–water partition coefficient (Wildman–Crippen LogP) is 3.10. The Balaban J connectivity index is 1.27. The SMILES string of the molecule is CCNC(=NCC1CCCN1CC)NCCCOC1CCN(Cc2ccccc2)CC1. The van der Waals surface area contributed by atoms with Gasteiger partial charge in [0.15, 0.2) is 5.96 Å². The van der Waals surface area contributed by atoms with Gasteiger partial charge >= 0.3 is 0 Å². The molecule has 2 heterocycles. The molecule has 2 N–H and O–H groups in total. The first-order chi connectivity index (χ1) is 15.3. The molecule has 0 saturated carbocycles. The van der Waals surface area contributed by atoms with Crippen molar-refractivity contribution in [1.29, 1.82) is 0 Å². The summed E-state index contributed by atoms with van der Waals surface area (Å²) in [6.45, 7) is 13.6. The van der Waals surface area contributed by atoms with Gasteiger partial charge in [-0.1, -0.05) is 37.3 Å². The highest BCUT2D eigenvalue weighted by Gasteiger charge is 2.22. The number of hydrogen-bond donors (Lipinski definition) is 2. The number of likely N-dealkylation sites (tertiary alicyclic amines) is 2. The van der Waals surface area contributed by atoms with Crippen LogP contribution in [-0.2, 0) is 11.3 Å². The maximum absolute atomic E-state index is 6.16. The van der Waals surface area contributed by atoms with Crippen LogP contribution in [0.1, 0.15) is 51.5 Å². The van der Waals surface area contributed by atoms with Crippen molar-refractivity contribution in [3.05, 3.63) is 35.9 Å². The van der Waals surface area contributed by atoms with Gasteiger partial charge in [0.1, 0.15) is 0 Å². The van der Waals surface area contributed by atoms with Crippen molar-refractivity contribution >= 4 is 5.96 Å². The number of guanidine groups is 1. The predicted molar refractivity (Wildman–Crippen MR) is 130 cm³/mol. The van der Waals surface area contributed by atoms with Gasteiger partial charge in [-0.25, -0.2) is 0 Å². The highest BCUT2D eigenvalue weighted by Crippen LogP contribution is 2.17. The van der Waals surface area contributed by atoms with E-state index in [4.69, 9.17) is 9.73 Å². The number of benzene rings is 1. The minimum atomic E-state index is 0.413. The third-order valence-electron chi connectivity index (χ3n) is 6.46. The van der Waals surface area contributed by atoms with Crippen LogP contribution in [0.2, 0.25) is 0 Å². The molecule has 2 saturated heterocycles. The van der Waals surface area contributed by atoms with Crippen LogP contribution in [0.15, 0.2) is 35.3 Å². The van der Waals surface area contributed by atoms with E-state index in [2.05, 4.69) is 64.6 Å². The molecule has 1 aromatic carbocycles. The maximum atomic E-state index is 6.16. The summed E-state index contributed by atoms with van der Waals surface area (Å²) in [6, 6.07) is 11.4. The molecule has 2 aliphatic rings. The zero-order chi connectivity index (χ0) is 21.7. The first-order valence-corrected chi connectivity index (χ1v) is 12.4. The molecule has 31 heavy (non-hydrogen) atoms. The minimum absolute atomic E-state index is 0.413. The van der Waals surface area contributed by atoms with E-state index in [0.717, 1.165) is 77.6 Å². The molecule has 0 amide bonds. The number of piperidine rings is 1. The zero-order valence-corrected chi connectivity index (χ0v) is 19.7. The molecular weight excluding hydrogens is 386 g/mol. The van der Waals surface area contributed by atoms with Gasteiger partial charge in [-0.15, -0.1) is 0 Å². The number of hydrogen-bond acceptors (Lipinski definition) is 4. The van der Waals surface area contributed by atoms with Gasteiger partial charge in [0.25, 0.3) is 0 Å². The summed E-state index contributed by atoms with van der Waals surface area (Å²) in [5.41, 5.74) is 1.40. The lowest BCUT2D eigenvalue weighted by Gasteiger charge is -2.32. The summed E-state index contributed by atoms with van der Waals surface area (Å²) in [7, 11) is 0. The molecule has 6 heteroatoms. The molecule has 0 bridgehead atoms. The van der Waals surface area contributed by atoms with Crippen LogP contribution in [0.4, 0.5) is 0 Å². The molecule has 0 aliphatic carbocycles. The van der Waals surface area contributed by atoms with E-state index in [9.17, 15) is 0 Å². The summed E-state index contributed by atoms with van der Waals surface area (Å²) in [4.78, 5) is 9.92. The Bertz CT molecular complexity index is 630. The smallest absolute Gasteiger partial charge is 0.191 e. The van der Waals surface area contributed by atoms with Crippen molar-refractivity contribution in [2.75, 3.05) is 52.4 Å². The summed E-state index contributed by atoms with van der Waals surface area (Å²) in [5, 5.41) is 6.86. The van der Waals surface area contributed by atoms with Gasteiger partial charge < -0.3 is 15.4 Å². The number of nitrogens with zero attached hydrogens (tertiary/aromatic N) is 3.